The van der Waals surface area contributed by atoms with Crippen LogP contribution in [0.15, 0.2) is 78.9 Å². The van der Waals surface area contributed by atoms with E-state index in [1.165, 1.54) is 16.7 Å². The number of hydrogen-bond donors (Lipinski definition) is 0. The van der Waals surface area contributed by atoms with Gasteiger partial charge in [-0.25, -0.2) is 0 Å². The Kier molecular flexibility index (Phi) is 5.98. The second-order valence-electron chi connectivity index (χ2n) is 7.53. The molecule has 0 unspecified atom stereocenters. The van der Waals surface area contributed by atoms with Crippen molar-refractivity contribution in [1.29, 1.82) is 0 Å². The van der Waals surface area contributed by atoms with Crippen LogP contribution in [0.2, 0.25) is 5.02 Å². The van der Waals surface area contributed by atoms with E-state index in [1.54, 1.807) is 12.1 Å². The summed E-state index contributed by atoms with van der Waals surface area (Å²) in [4.78, 5) is 17.3. The summed E-state index contributed by atoms with van der Waals surface area (Å²) in [6.45, 7) is 5.15. The number of hydrogen-bond acceptors (Lipinski definition) is 2. The first-order valence-corrected chi connectivity index (χ1v) is 10.4. The van der Waals surface area contributed by atoms with Gasteiger partial charge < -0.3 is 4.90 Å². The Hall–Kier alpha value is -2.62. The van der Waals surface area contributed by atoms with Crippen molar-refractivity contribution in [2.24, 2.45) is 0 Å². The van der Waals surface area contributed by atoms with Gasteiger partial charge in [-0.05, 0) is 30.2 Å². The predicted octanol–water partition coefficient (Wildman–Crippen LogP) is 5.20. The highest BCUT2D eigenvalue weighted by atomic mass is 35.5. The summed E-state index contributed by atoms with van der Waals surface area (Å²) in [5.41, 5.74) is 4.41. The molecule has 1 heterocycles. The molecule has 4 heteroatoms. The van der Waals surface area contributed by atoms with Crippen molar-refractivity contribution in [2.75, 3.05) is 26.2 Å². The summed E-state index contributed by atoms with van der Waals surface area (Å²) in [6.07, 6.45) is 0. The van der Waals surface area contributed by atoms with Crippen molar-refractivity contribution >= 4 is 17.5 Å². The smallest absolute Gasteiger partial charge is 0.255 e. The number of piperazine rings is 1. The molecule has 1 saturated heterocycles. The molecule has 29 heavy (non-hydrogen) atoms. The molecule has 3 nitrogen and oxygen atoms in total. The maximum atomic E-state index is 12.9. The second kappa shape index (κ2) is 8.81. The van der Waals surface area contributed by atoms with Gasteiger partial charge in [-0.3, -0.25) is 9.69 Å². The number of carbonyl (C=O) groups is 1. The molecule has 1 aliphatic rings. The zero-order valence-corrected chi connectivity index (χ0v) is 17.3. The Morgan fingerprint density at radius 3 is 2.03 bits per heavy atom. The molecule has 1 aliphatic heterocycles. The molecular formula is C25H25ClN2O. The zero-order valence-electron chi connectivity index (χ0n) is 16.6. The lowest BCUT2D eigenvalue weighted by Gasteiger charge is -2.40. The molecular weight excluding hydrogens is 380 g/mol. The fraction of sp³-hybridized carbons (Fsp3) is 0.240. The van der Waals surface area contributed by atoms with Gasteiger partial charge in [0.1, 0.15) is 0 Å². The van der Waals surface area contributed by atoms with Crippen LogP contribution in [0.1, 0.15) is 33.1 Å². The number of rotatable bonds is 4. The lowest BCUT2D eigenvalue weighted by Crippen LogP contribution is -2.49. The molecule has 1 amide bonds. The summed E-state index contributed by atoms with van der Waals surface area (Å²) in [5, 5.41) is 0.516. The number of amides is 1. The van der Waals surface area contributed by atoms with Crippen molar-refractivity contribution in [1.82, 2.24) is 9.80 Å². The molecule has 0 aliphatic carbocycles. The topological polar surface area (TPSA) is 23.6 Å². The molecule has 0 radical (unpaired) electrons. The predicted molar refractivity (Wildman–Crippen MR) is 118 cm³/mol. The van der Waals surface area contributed by atoms with Crippen molar-refractivity contribution < 1.29 is 4.79 Å². The van der Waals surface area contributed by atoms with E-state index < -0.39 is 0 Å². The van der Waals surface area contributed by atoms with Crippen molar-refractivity contribution in [3.05, 3.63) is 106 Å². The van der Waals surface area contributed by atoms with Crippen LogP contribution in [0.3, 0.4) is 0 Å². The minimum atomic E-state index is 0.0156. The van der Waals surface area contributed by atoms with Gasteiger partial charge in [0.2, 0.25) is 0 Å². The largest absolute Gasteiger partial charge is 0.336 e. The third-order valence-corrected chi connectivity index (χ3v) is 5.91. The lowest BCUT2D eigenvalue weighted by molar-refractivity contribution is 0.0597. The number of nitrogens with zero attached hydrogens (tertiary/aromatic N) is 2. The summed E-state index contributed by atoms with van der Waals surface area (Å²) in [5.74, 6) is 0.0156. The molecule has 0 spiro atoms. The van der Waals surface area contributed by atoms with E-state index in [0.29, 0.717) is 23.7 Å². The maximum absolute atomic E-state index is 12.9. The van der Waals surface area contributed by atoms with Gasteiger partial charge in [0.25, 0.3) is 5.91 Å². The fourth-order valence-corrected chi connectivity index (χ4v) is 4.20. The molecule has 3 aromatic rings. The van der Waals surface area contributed by atoms with Crippen LogP contribution in [0.5, 0.6) is 0 Å². The van der Waals surface area contributed by atoms with Gasteiger partial charge in [-0.2, -0.15) is 0 Å². The SMILES string of the molecule is Cc1ccc([C@H](c2ccccc2)N2CCN(C(=O)c3ccccc3Cl)CC2)cc1. The zero-order chi connectivity index (χ0) is 20.2. The fourth-order valence-electron chi connectivity index (χ4n) is 3.99. The molecule has 4 rings (SSSR count). The van der Waals surface area contributed by atoms with E-state index in [9.17, 15) is 4.79 Å². The average Bonchev–Trinajstić information content (AvgIpc) is 2.76. The molecule has 3 aromatic carbocycles. The van der Waals surface area contributed by atoms with Gasteiger partial charge >= 0.3 is 0 Å². The molecule has 1 fully saturated rings. The highest BCUT2D eigenvalue weighted by Gasteiger charge is 2.29. The van der Waals surface area contributed by atoms with E-state index in [1.807, 2.05) is 17.0 Å². The van der Waals surface area contributed by atoms with E-state index in [2.05, 4.69) is 66.4 Å². The van der Waals surface area contributed by atoms with Crippen LogP contribution in [0.4, 0.5) is 0 Å². The first kappa shape index (κ1) is 19.7. The minimum Gasteiger partial charge on any atom is -0.336 e. The second-order valence-corrected chi connectivity index (χ2v) is 7.94. The quantitative estimate of drug-likeness (QED) is 0.597. The molecule has 0 saturated carbocycles. The van der Waals surface area contributed by atoms with E-state index in [4.69, 9.17) is 11.6 Å². The Morgan fingerprint density at radius 1 is 0.793 bits per heavy atom. The van der Waals surface area contributed by atoms with Crippen molar-refractivity contribution in [3.63, 3.8) is 0 Å². The van der Waals surface area contributed by atoms with Crippen molar-refractivity contribution in [2.45, 2.75) is 13.0 Å². The van der Waals surface area contributed by atoms with Gasteiger partial charge in [0.05, 0.1) is 16.6 Å². The van der Waals surface area contributed by atoms with Gasteiger partial charge in [-0.1, -0.05) is 83.9 Å². The molecule has 0 aromatic heterocycles. The minimum absolute atomic E-state index is 0.0156. The summed E-state index contributed by atoms with van der Waals surface area (Å²) < 4.78 is 0. The van der Waals surface area contributed by atoms with Gasteiger partial charge in [0.15, 0.2) is 0 Å². The molecule has 0 N–H and O–H groups in total. The molecule has 1 atom stereocenters. The van der Waals surface area contributed by atoms with E-state index >= 15 is 0 Å². The van der Waals surface area contributed by atoms with E-state index in [-0.39, 0.29) is 11.9 Å². The van der Waals surface area contributed by atoms with Crippen LogP contribution >= 0.6 is 11.6 Å². The van der Waals surface area contributed by atoms with Crippen LogP contribution in [0, 0.1) is 6.92 Å². The van der Waals surface area contributed by atoms with Gasteiger partial charge in [0, 0.05) is 26.2 Å². The first-order chi connectivity index (χ1) is 14.1. The summed E-state index contributed by atoms with van der Waals surface area (Å²) in [6, 6.07) is 26.8. The standard InChI is InChI=1S/C25H25ClN2O/c1-19-11-13-21(14-12-19)24(20-7-3-2-4-8-20)27-15-17-28(18-16-27)25(29)22-9-5-6-10-23(22)26/h2-14,24H,15-18H2,1H3/t24-/m0/s1. The normalized spacial score (nSPS) is 15.9. The lowest BCUT2D eigenvalue weighted by atomic mass is 9.95. The maximum Gasteiger partial charge on any atom is 0.255 e. The van der Waals surface area contributed by atoms with E-state index in [0.717, 1.165) is 13.1 Å². The van der Waals surface area contributed by atoms with Crippen LogP contribution in [0.25, 0.3) is 0 Å². The number of benzene rings is 3. The van der Waals surface area contributed by atoms with Crippen LogP contribution in [-0.2, 0) is 0 Å². The Labute approximate surface area is 177 Å². The molecule has 0 bridgehead atoms. The van der Waals surface area contributed by atoms with Crippen molar-refractivity contribution in [3.8, 4) is 0 Å². The number of aryl methyl sites for hydroxylation is 1. The van der Waals surface area contributed by atoms with Gasteiger partial charge in [-0.15, -0.1) is 0 Å². The summed E-state index contributed by atoms with van der Waals surface area (Å²) in [7, 11) is 0. The number of carbonyl (C=O) groups excluding carboxylic acids is 1. The molecule has 148 valence electrons. The Balaban J connectivity index is 1.53. The number of halogens is 1. The first-order valence-electron chi connectivity index (χ1n) is 10.0. The Bertz CT molecular complexity index is 964. The Morgan fingerprint density at radius 2 is 1.38 bits per heavy atom. The monoisotopic (exact) mass is 404 g/mol. The highest BCUT2D eigenvalue weighted by molar-refractivity contribution is 6.33. The average molecular weight is 405 g/mol. The third-order valence-electron chi connectivity index (χ3n) is 5.58. The highest BCUT2D eigenvalue weighted by Crippen LogP contribution is 2.30. The van der Waals surface area contributed by atoms with Crippen LogP contribution < -0.4 is 0 Å². The van der Waals surface area contributed by atoms with Crippen LogP contribution in [-0.4, -0.2) is 41.9 Å². The third kappa shape index (κ3) is 4.36. The summed E-state index contributed by atoms with van der Waals surface area (Å²) >= 11 is 6.23.